The molecule has 0 aliphatic carbocycles. The van der Waals surface area contributed by atoms with E-state index in [1.165, 1.54) is 28.9 Å². The van der Waals surface area contributed by atoms with Crippen LogP contribution >= 0.6 is 11.3 Å². The molecule has 2 aromatic heterocycles. The second kappa shape index (κ2) is 7.93. The second-order valence-corrected chi connectivity index (χ2v) is 7.72. The summed E-state index contributed by atoms with van der Waals surface area (Å²) in [6.07, 6.45) is 4.08. The molecule has 0 aliphatic heterocycles. The summed E-state index contributed by atoms with van der Waals surface area (Å²) < 4.78 is 1.60. The second-order valence-electron chi connectivity index (χ2n) is 6.84. The number of benzene rings is 1. The lowest BCUT2D eigenvalue weighted by atomic mass is 9.94. The zero-order chi connectivity index (χ0) is 17.8. The van der Waals surface area contributed by atoms with Crippen LogP contribution in [0.5, 0.6) is 0 Å². The maximum atomic E-state index is 12.1. The maximum Gasteiger partial charge on any atom is 0.258 e. The Morgan fingerprint density at radius 3 is 2.68 bits per heavy atom. The molecule has 0 bridgehead atoms. The van der Waals surface area contributed by atoms with Gasteiger partial charge in [-0.05, 0) is 12.0 Å². The van der Waals surface area contributed by atoms with Gasteiger partial charge in [-0.2, -0.15) is 0 Å². The Bertz CT molecular complexity index is 880. The molecule has 0 saturated heterocycles. The molecule has 0 fully saturated rings. The molecule has 0 saturated carbocycles. The predicted molar refractivity (Wildman–Crippen MR) is 103 cm³/mol. The fourth-order valence-corrected chi connectivity index (χ4v) is 3.97. The zero-order valence-electron chi connectivity index (χ0n) is 15.1. The predicted octanol–water partition coefficient (Wildman–Crippen LogP) is 3.17. The van der Waals surface area contributed by atoms with Crippen LogP contribution in [0.15, 0.2) is 46.7 Å². The first-order valence-corrected chi connectivity index (χ1v) is 9.84. The van der Waals surface area contributed by atoms with Crippen molar-refractivity contribution < 1.29 is 5.32 Å². The maximum absolute atomic E-state index is 12.1. The van der Waals surface area contributed by atoms with Gasteiger partial charge in [0.1, 0.15) is 18.3 Å². The first kappa shape index (κ1) is 17.8. The van der Waals surface area contributed by atoms with Crippen molar-refractivity contribution in [3.63, 3.8) is 0 Å². The third kappa shape index (κ3) is 4.17. The minimum Gasteiger partial charge on any atom is -0.335 e. The number of quaternary nitrogens is 1. The quantitative estimate of drug-likeness (QED) is 0.707. The van der Waals surface area contributed by atoms with E-state index in [0.717, 1.165) is 17.1 Å². The molecule has 0 amide bonds. The largest absolute Gasteiger partial charge is 0.335 e. The number of hydrogen-bond acceptors (Lipinski definition) is 3. The van der Waals surface area contributed by atoms with E-state index in [4.69, 9.17) is 0 Å². The van der Waals surface area contributed by atoms with Gasteiger partial charge in [-0.25, -0.2) is 4.98 Å². The number of thiazole rings is 1. The van der Waals surface area contributed by atoms with E-state index in [1.807, 2.05) is 5.38 Å². The Morgan fingerprint density at radius 1 is 1.24 bits per heavy atom. The van der Waals surface area contributed by atoms with Gasteiger partial charge in [0.25, 0.3) is 5.56 Å². The van der Waals surface area contributed by atoms with Crippen molar-refractivity contribution in [2.75, 3.05) is 0 Å². The molecule has 2 heterocycles. The lowest BCUT2D eigenvalue weighted by molar-refractivity contribution is -0.717. The van der Waals surface area contributed by atoms with E-state index < -0.39 is 0 Å². The first-order valence-electron chi connectivity index (χ1n) is 8.96. The Morgan fingerprint density at radius 2 is 2.00 bits per heavy atom. The molecule has 2 N–H and O–H groups in total. The summed E-state index contributed by atoms with van der Waals surface area (Å²) >= 11 is 1.50. The van der Waals surface area contributed by atoms with E-state index in [9.17, 15) is 4.79 Å². The lowest BCUT2D eigenvalue weighted by Gasteiger charge is -2.20. The number of rotatable bonds is 7. The summed E-state index contributed by atoms with van der Waals surface area (Å²) in [5.74, 6) is 0.503. The van der Waals surface area contributed by atoms with Gasteiger partial charge in [0, 0.05) is 29.1 Å². The fourth-order valence-electron chi connectivity index (χ4n) is 3.23. The molecular formula is C20H26N3OS+. The molecule has 0 spiro atoms. The molecule has 4 nitrogen and oxygen atoms in total. The Labute approximate surface area is 152 Å². The number of nitrogens with zero attached hydrogens (tertiary/aromatic N) is 2. The fraction of sp³-hybridized carbons (Fsp3) is 0.400. The smallest absolute Gasteiger partial charge is 0.258 e. The molecule has 132 valence electrons. The van der Waals surface area contributed by atoms with Crippen molar-refractivity contribution in [2.45, 2.75) is 46.2 Å². The van der Waals surface area contributed by atoms with Gasteiger partial charge in [0.05, 0.1) is 0 Å². The average Bonchev–Trinajstić information content (AvgIpc) is 3.05. The van der Waals surface area contributed by atoms with Crippen LogP contribution < -0.4 is 10.9 Å². The van der Waals surface area contributed by atoms with E-state index in [1.54, 1.807) is 16.7 Å². The molecular weight excluding hydrogens is 330 g/mol. The first-order chi connectivity index (χ1) is 12.1. The van der Waals surface area contributed by atoms with Crippen LogP contribution in [0.4, 0.5) is 0 Å². The highest BCUT2D eigenvalue weighted by Crippen LogP contribution is 2.19. The normalized spacial score (nSPS) is 12.8. The number of fused-ring (bicyclic) bond motifs is 1. The number of hydrogen-bond donors (Lipinski definition) is 1. The van der Waals surface area contributed by atoms with Crippen molar-refractivity contribution in [2.24, 2.45) is 5.92 Å². The summed E-state index contributed by atoms with van der Waals surface area (Å²) in [7, 11) is 0. The van der Waals surface area contributed by atoms with Crippen LogP contribution in [-0.2, 0) is 13.0 Å². The molecule has 0 aliphatic rings. The number of aromatic nitrogens is 2. The lowest BCUT2D eigenvalue weighted by Crippen LogP contribution is -2.84. The zero-order valence-corrected chi connectivity index (χ0v) is 15.9. The van der Waals surface area contributed by atoms with Crippen molar-refractivity contribution in [1.82, 2.24) is 9.38 Å². The van der Waals surface area contributed by atoms with Gasteiger partial charge in [0.15, 0.2) is 4.96 Å². The van der Waals surface area contributed by atoms with E-state index in [-0.39, 0.29) is 5.56 Å². The number of aryl methyl sites for hydroxylation is 1. The molecule has 5 heteroatoms. The summed E-state index contributed by atoms with van der Waals surface area (Å²) in [4.78, 5) is 17.5. The van der Waals surface area contributed by atoms with Gasteiger partial charge in [-0.1, -0.05) is 51.5 Å². The molecule has 0 unspecified atom stereocenters. The molecule has 0 radical (unpaired) electrons. The Hall–Kier alpha value is -1.98. The summed E-state index contributed by atoms with van der Waals surface area (Å²) in [6.45, 7) is 7.40. The summed E-state index contributed by atoms with van der Waals surface area (Å²) in [6, 6.07) is 11.0. The molecule has 3 aromatic rings. The van der Waals surface area contributed by atoms with Gasteiger partial charge in [-0.3, -0.25) is 9.20 Å². The summed E-state index contributed by atoms with van der Waals surface area (Å²) in [5, 5.41) is 4.19. The average molecular weight is 357 g/mol. The highest BCUT2D eigenvalue weighted by molar-refractivity contribution is 7.15. The van der Waals surface area contributed by atoms with Crippen molar-refractivity contribution >= 4 is 16.3 Å². The Balaban J connectivity index is 1.76. The van der Waals surface area contributed by atoms with Gasteiger partial charge in [-0.15, -0.1) is 11.3 Å². The van der Waals surface area contributed by atoms with Gasteiger partial charge >= 0.3 is 0 Å². The number of nitrogens with two attached hydrogens (primary N) is 1. The van der Waals surface area contributed by atoms with Crippen LogP contribution in [0.25, 0.3) is 4.96 Å². The standard InChI is InChI=1S/C20H25N3OS/c1-4-5-15-6-8-16(9-7-15)19(14(2)3)21-13-17-12-18(24)23-10-11-25-20(23)22-17/h6-12,14,19,21H,4-5,13H2,1-3H3/p+1/t19-/m1/s1. The van der Waals surface area contributed by atoms with Crippen molar-refractivity contribution in [1.29, 1.82) is 0 Å². The van der Waals surface area contributed by atoms with Crippen LogP contribution in [-0.4, -0.2) is 9.38 Å². The van der Waals surface area contributed by atoms with Crippen molar-refractivity contribution in [3.8, 4) is 0 Å². The third-order valence-electron chi connectivity index (χ3n) is 4.56. The van der Waals surface area contributed by atoms with E-state index in [0.29, 0.717) is 18.5 Å². The topological polar surface area (TPSA) is 51.0 Å². The minimum atomic E-state index is -0.000310. The van der Waals surface area contributed by atoms with Gasteiger partial charge in [0.2, 0.25) is 0 Å². The Kier molecular flexibility index (Phi) is 5.66. The van der Waals surface area contributed by atoms with Crippen LogP contribution in [0.2, 0.25) is 0 Å². The van der Waals surface area contributed by atoms with E-state index >= 15 is 0 Å². The van der Waals surface area contributed by atoms with Gasteiger partial charge < -0.3 is 5.32 Å². The van der Waals surface area contributed by atoms with Crippen molar-refractivity contribution in [3.05, 3.63) is 69.1 Å². The molecule has 3 rings (SSSR count). The SMILES string of the molecule is CCCc1ccc([C@H]([NH2+]Cc2cc(=O)n3ccsc3n2)C(C)C)cc1. The molecule has 25 heavy (non-hydrogen) atoms. The van der Waals surface area contributed by atoms with Crippen LogP contribution in [0.3, 0.4) is 0 Å². The molecule has 1 aromatic carbocycles. The summed E-state index contributed by atoms with van der Waals surface area (Å²) in [5.41, 5.74) is 3.58. The highest BCUT2D eigenvalue weighted by atomic mass is 32.1. The van der Waals surface area contributed by atoms with Crippen LogP contribution in [0.1, 0.15) is 50.1 Å². The third-order valence-corrected chi connectivity index (χ3v) is 5.32. The highest BCUT2D eigenvalue weighted by Gasteiger charge is 2.19. The minimum absolute atomic E-state index is 0.000310. The monoisotopic (exact) mass is 356 g/mol. The van der Waals surface area contributed by atoms with E-state index in [2.05, 4.69) is 55.3 Å². The van der Waals surface area contributed by atoms with Crippen LogP contribution in [0, 0.1) is 5.92 Å². The molecule has 1 atom stereocenters.